The summed E-state index contributed by atoms with van der Waals surface area (Å²) < 4.78 is 0. The normalized spacial score (nSPS) is 11.9. The van der Waals surface area contributed by atoms with E-state index in [9.17, 15) is 0 Å². The molecule has 0 radical (unpaired) electrons. The summed E-state index contributed by atoms with van der Waals surface area (Å²) >= 11 is 0. The van der Waals surface area contributed by atoms with Gasteiger partial charge in [0.2, 0.25) is 0 Å². The quantitative estimate of drug-likeness (QED) is 0.0982. The van der Waals surface area contributed by atoms with Crippen LogP contribution in [0.4, 0.5) is 17.1 Å². The highest BCUT2D eigenvalue weighted by Gasteiger charge is 2.17. The van der Waals surface area contributed by atoms with E-state index >= 15 is 0 Å². The maximum absolute atomic E-state index is 2.38. The van der Waals surface area contributed by atoms with Crippen LogP contribution in [0.5, 0.6) is 0 Å². The molecule has 0 atom stereocenters. The average Bonchev–Trinajstić information content (AvgIpc) is 3.42. The van der Waals surface area contributed by atoms with Crippen molar-refractivity contribution in [1.29, 1.82) is 0 Å². The summed E-state index contributed by atoms with van der Waals surface area (Å²) in [7, 11) is 0. The first kappa shape index (κ1) is 48.8. The average molecular weight is 954 g/mol. The van der Waals surface area contributed by atoms with Crippen molar-refractivity contribution in [2.75, 3.05) is 4.90 Å². The molecule has 10 aromatic rings. The summed E-state index contributed by atoms with van der Waals surface area (Å²) in [5, 5.41) is 0. The highest BCUT2D eigenvalue weighted by atomic mass is 15.1. The highest BCUT2D eigenvalue weighted by Crippen LogP contribution is 2.39. The van der Waals surface area contributed by atoms with Crippen molar-refractivity contribution in [3.05, 3.63) is 326 Å². The molecule has 0 aliphatic heterocycles. The van der Waals surface area contributed by atoms with E-state index in [1.165, 1.54) is 106 Å². The Bertz CT molecular complexity index is 3630. The summed E-state index contributed by atoms with van der Waals surface area (Å²) in [4.78, 5) is 2.37. The van der Waals surface area contributed by atoms with E-state index in [2.05, 4.69) is 307 Å². The van der Waals surface area contributed by atoms with Crippen molar-refractivity contribution in [1.82, 2.24) is 0 Å². The first-order chi connectivity index (χ1) is 36.1. The lowest BCUT2D eigenvalue weighted by molar-refractivity contribution is 1.25. The number of allylic oxidation sites excluding steroid dienone is 1. The second kappa shape index (κ2) is 22.3. The Labute approximate surface area is 439 Å². The number of nitrogens with zero attached hydrogens (tertiary/aromatic N) is 1. The Morgan fingerprint density at radius 1 is 0.324 bits per heavy atom. The van der Waals surface area contributed by atoms with Gasteiger partial charge in [0.1, 0.15) is 0 Å². The first-order valence-corrected chi connectivity index (χ1v) is 25.8. The number of aryl methyl sites for hydroxylation is 6. The van der Waals surface area contributed by atoms with Crippen LogP contribution in [0.15, 0.2) is 243 Å². The highest BCUT2D eigenvalue weighted by molar-refractivity contribution is 5.94. The van der Waals surface area contributed by atoms with E-state index < -0.39 is 0 Å². The molecule has 0 fully saturated rings. The molecule has 1 heteroatoms. The van der Waals surface area contributed by atoms with Crippen molar-refractivity contribution >= 4 is 52.0 Å². The molecule has 1 nitrogen and oxygen atoms in total. The SMILES string of the molecule is Cc1ccc(/C(=C\c2ccc(/C=C(\c3ccccc3)c3ccccc3C)cc2)Cc2ccc(-c3ccc(N(c4ccc(C)cc4)c4ccc(/C=C(\c5ccccc5)c5ccccc5C)cc4)cc3C)c(C)c2)cc1. The second-order valence-corrected chi connectivity index (χ2v) is 19.8. The maximum Gasteiger partial charge on any atom is 0.0464 e. The van der Waals surface area contributed by atoms with Crippen molar-refractivity contribution in [3.8, 4) is 11.1 Å². The van der Waals surface area contributed by atoms with Crippen LogP contribution in [0.25, 0.3) is 46.1 Å². The number of hydrogen-bond donors (Lipinski definition) is 0. The summed E-state index contributed by atoms with van der Waals surface area (Å²) in [5.41, 5.74) is 28.0. The van der Waals surface area contributed by atoms with Gasteiger partial charge in [0.25, 0.3) is 0 Å². The van der Waals surface area contributed by atoms with Gasteiger partial charge in [-0.25, -0.2) is 0 Å². The van der Waals surface area contributed by atoms with E-state index in [1.54, 1.807) is 0 Å². The van der Waals surface area contributed by atoms with Crippen molar-refractivity contribution < 1.29 is 0 Å². The van der Waals surface area contributed by atoms with Gasteiger partial charge < -0.3 is 4.90 Å². The zero-order chi connectivity index (χ0) is 51.0. The number of rotatable bonds is 14. The van der Waals surface area contributed by atoms with Crippen molar-refractivity contribution in [2.24, 2.45) is 0 Å². The Hall–Kier alpha value is -8.78. The van der Waals surface area contributed by atoms with Crippen molar-refractivity contribution in [2.45, 2.75) is 48.0 Å². The van der Waals surface area contributed by atoms with E-state index in [0.29, 0.717) is 0 Å². The zero-order valence-electron chi connectivity index (χ0n) is 43.5. The van der Waals surface area contributed by atoms with E-state index in [-0.39, 0.29) is 0 Å². The van der Waals surface area contributed by atoms with Gasteiger partial charge in [-0.15, -0.1) is 0 Å². The lowest BCUT2D eigenvalue weighted by Crippen LogP contribution is -2.10. The Morgan fingerprint density at radius 3 is 1.22 bits per heavy atom. The molecular weight excluding hydrogens is 891 g/mol. The van der Waals surface area contributed by atoms with Gasteiger partial charge in [0.15, 0.2) is 0 Å². The molecule has 0 heterocycles. The minimum atomic E-state index is 0.814. The van der Waals surface area contributed by atoms with Crippen LogP contribution >= 0.6 is 0 Å². The molecule has 0 saturated heterocycles. The van der Waals surface area contributed by atoms with Gasteiger partial charge >= 0.3 is 0 Å². The van der Waals surface area contributed by atoms with E-state index in [1.807, 2.05) is 0 Å². The van der Waals surface area contributed by atoms with Gasteiger partial charge in [-0.2, -0.15) is 0 Å². The van der Waals surface area contributed by atoms with E-state index in [0.717, 1.165) is 29.0 Å². The lowest BCUT2D eigenvalue weighted by atomic mass is 9.91. The van der Waals surface area contributed by atoms with Crippen molar-refractivity contribution in [3.63, 3.8) is 0 Å². The topological polar surface area (TPSA) is 3.24 Å². The van der Waals surface area contributed by atoms with Crippen LogP contribution in [0, 0.1) is 41.5 Å². The van der Waals surface area contributed by atoms with Gasteiger partial charge in [0, 0.05) is 17.1 Å². The summed E-state index contributed by atoms with van der Waals surface area (Å²) in [5.74, 6) is 0. The predicted octanol–water partition coefficient (Wildman–Crippen LogP) is 19.6. The molecule has 74 heavy (non-hydrogen) atoms. The summed E-state index contributed by atoms with van der Waals surface area (Å²) in [6.07, 6.45) is 7.81. The molecule has 0 aromatic heterocycles. The fourth-order valence-corrected chi connectivity index (χ4v) is 10.2. The molecule has 10 aromatic carbocycles. The molecule has 10 rings (SSSR count). The number of benzene rings is 10. The Balaban J connectivity index is 0.929. The third-order valence-electron chi connectivity index (χ3n) is 14.2. The fraction of sp³-hybridized carbons (Fsp3) is 0.0959. The van der Waals surface area contributed by atoms with Crippen LogP contribution in [-0.4, -0.2) is 0 Å². The maximum atomic E-state index is 2.38. The Morgan fingerprint density at radius 2 is 0.730 bits per heavy atom. The smallest absolute Gasteiger partial charge is 0.0464 e. The monoisotopic (exact) mass is 953 g/mol. The van der Waals surface area contributed by atoms with Gasteiger partial charge in [-0.3, -0.25) is 0 Å². The number of anilines is 3. The molecule has 0 bridgehead atoms. The lowest BCUT2D eigenvalue weighted by Gasteiger charge is -2.27. The molecule has 0 saturated carbocycles. The largest absolute Gasteiger partial charge is 0.310 e. The zero-order valence-corrected chi connectivity index (χ0v) is 43.5. The van der Waals surface area contributed by atoms with Gasteiger partial charge in [-0.05, 0) is 197 Å². The molecular formula is C73H63N. The molecule has 0 amide bonds. The Kier molecular flexibility index (Phi) is 14.7. The third-order valence-corrected chi connectivity index (χ3v) is 14.2. The van der Waals surface area contributed by atoms with Crippen LogP contribution in [0.2, 0.25) is 0 Å². The molecule has 0 unspecified atom stereocenters. The minimum Gasteiger partial charge on any atom is -0.310 e. The van der Waals surface area contributed by atoms with Gasteiger partial charge in [-0.1, -0.05) is 223 Å². The van der Waals surface area contributed by atoms with Crippen LogP contribution in [0.3, 0.4) is 0 Å². The van der Waals surface area contributed by atoms with Crippen LogP contribution in [0.1, 0.15) is 83.5 Å². The fourth-order valence-electron chi connectivity index (χ4n) is 10.2. The third kappa shape index (κ3) is 11.3. The predicted molar refractivity (Wildman–Crippen MR) is 319 cm³/mol. The summed E-state index contributed by atoms with van der Waals surface area (Å²) in [6, 6.07) is 88.4. The second-order valence-electron chi connectivity index (χ2n) is 19.8. The molecule has 0 aliphatic rings. The van der Waals surface area contributed by atoms with Crippen LogP contribution < -0.4 is 4.90 Å². The summed E-state index contributed by atoms with van der Waals surface area (Å²) in [6.45, 7) is 13.2. The van der Waals surface area contributed by atoms with E-state index in [4.69, 9.17) is 0 Å². The molecule has 0 N–H and O–H groups in total. The van der Waals surface area contributed by atoms with Gasteiger partial charge in [0.05, 0.1) is 0 Å². The number of hydrogen-bond acceptors (Lipinski definition) is 1. The minimum absolute atomic E-state index is 0.814. The van der Waals surface area contributed by atoms with Crippen LogP contribution in [-0.2, 0) is 6.42 Å². The molecule has 0 aliphatic carbocycles. The first-order valence-electron chi connectivity index (χ1n) is 25.8. The standard InChI is InChI=1S/C73H63N/c1-51-25-36-61(37-26-51)64(47-57-29-31-58(32-30-57)49-72(62-19-9-7-10-20-62)68-23-15-13-17-53(68)3)48-60-35-43-70(55(5)45-60)71-44-42-67(46-56(71)6)74(65-38-27-52(2)28-39-65)66-40-33-59(34-41-66)50-73(63-21-11-8-12-22-63)69-24-16-14-18-54(69)4/h7-47,49-50H,48H2,1-6H3/b64-47-,72-49+,73-50+. The molecule has 360 valence electrons. The molecule has 0 spiro atoms.